The molecule has 0 saturated carbocycles. The third-order valence-corrected chi connectivity index (χ3v) is 9.93. The lowest BCUT2D eigenvalue weighted by molar-refractivity contribution is 0.0284. The number of nitrogens with zero attached hydrogens (tertiary/aromatic N) is 1. The first kappa shape index (κ1) is 41.9. The maximum absolute atomic E-state index is 13.3. The number of aryl methyl sites for hydroxylation is 1. The van der Waals surface area contributed by atoms with Crippen LogP contribution in [0, 0.1) is 6.92 Å². The van der Waals surface area contributed by atoms with Crippen LogP contribution in [0.5, 0.6) is 23.0 Å². The summed E-state index contributed by atoms with van der Waals surface area (Å²) in [7, 11) is 0.924. The van der Waals surface area contributed by atoms with Crippen molar-refractivity contribution in [3.05, 3.63) is 90.6 Å². The van der Waals surface area contributed by atoms with Crippen molar-refractivity contribution in [1.29, 1.82) is 0 Å². The van der Waals surface area contributed by atoms with Gasteiger partial charge in [-0.15, -0.1) is 0 Å². The van der Waals surface area contributed by atoms with Gasteiger partial charge in [0.25, 0.3) is 0 Å². The van der Waals surface area contributed by atoms with Gasteiger partial charge in [0, 0.05) is 41.9 Å². The molecule has 2 amide bonds. The van der Waals surface area contributed by atoms with Gasteiger partial charge in [0.1, 0.15) is 23.1 Å². The summed E-state index contributed by atoms with van der Waals surface area (Å²) in [6.07, 6.45) is 2.64. The molecular formula is C39H45N5O10S2. The number of fused-ring (bicyclic) bond motifs is 1. The van der Waals surface area contributed by atoms with E-state index in [0.29, 0.717) is 89.1 Å². The monoisotopic (exact) mass is 807 g/mol. The van der Waals surface area contributed by atoms with E-state index in [1.54, 1.807) is 74.8 Å². The minimum Gasteiger partial charge on any atom is -0.611 e. The van der Waals surface area contributed by atoms with Crippen LogP contribution in [0.2, 0.25) is 0 Å². The number of sulfonamides is 1. The largest absolute Gasteiger partial charge is 0.611 e. The van der Waals surface area contributed by atoms with E-state index < -0.39 is 27.2 Å². The predicted molar refractivity (Wildman–Crippen MR) is 218 cm³/mol. The Morgan fingerprint density at radius 3 is 2.23 bits per heavy atom. The third kappa shape index (κ3) is 11.8. The minimum absolute atomic E-state index is 0.164. The molecule has 5 rings (SSSR count). The zero-order valence-corrected chi connectivity index (χ0v) is 33.3. The Kier molecular flexibility index (Phi) is 15.0. The molecule has 4 aromatic carbocycles. The molecule has 0 aliphatic carbocycles. The van der Waals surface area contributed by atoms with E-state index in [4.69, 9.17) is 28.4 Å². The van der Waals surface area contributed by atoms with E-state index in [2.05, 4.69) is 25.7 Å². The molecule has 0 spiro atoms. The van der Waals surface area contributed by atoms with Gasteiger partial charge in [0.2, 0.25) is 10.0 Å². The van der Waals surface area contributed by atoms with E-state index >= 15 is 0 Å². The summed E-state index contributed by atoms with van der Waals surface area (Å²) < 4.78 is 72.5. The smallest absolute Gasteiger partial charge is 0.323 e. The van der Waals surface area contributed by atoms with Crippen LogP contribution in [-0.2, 0) is 35.4 Å². The fourth-order valence-corrected chi connectivity index (χ4v) is 7.19. The fraction of sp³-hybridized carbons (Fsp3) is 0.282. The van der Waals surface area contributed by atoms with Crippen molar-refractivity contribution in [2.45, 2.75) is 11.8 Å². The second-order valence-corrected chi connectivity index (χ2v) is 15.5. The first-order chi connectivity index (χ1) is 27.0. The molecule has 15 nitrogen and oxygen atoms in total. The lowest BCUT2D eigenvalue weighted by Crippen LogP contribution is -2.20. The Morgan fingerprint density at radius 2 is 1.50 bits per heavy atom. The molecule has 1 unspecified atom stereocenters. The number of hydrogen-bond donors (Lipinski definition) is 4. The van der Waals surface area contributed by atoms with E-state index in [0.717, 1.165) is 11.6 Å². The summed E-state index contributed by atoms with van der Waals surface area (Å²) in [4.78, 5) is 18.2. The van der Waals surface area contributed by atoms with Crippen LogP contribution >= 0.6 is 0 Å². The summed E-state index contributed by atoms with van der Waals surface area (Å²) in [6, 6.07) is 22.4. The van der Waals surface area contributed by atoms with Gasteiger partial charge in [0.05, 0.1) is 70.6 Å². The number of aromatic nitrogens is 1. The van der Waals surface area contributed by atoms with Crippen molar-refractivity contribution >= 4 is 66.6 Å². The molecule has 0 saturated heterocycles. The Morgan fingerprint density at radius 1 is 0.786 bits per heavy atom. The predicted octanol–water partition coefficient (Wildman–Crippen LogP) is 6.90. The van der Waals surface area contributed by atoms with Crippen molar-refractivity contribution in [3.8, 4) is 23.0 Å². The number of benzene rings is 4. The highest BCUT2D eigenvalue weighted by atomic mass is 32.2. The van der Waals surface area contributed by atoms with Gasteiger partial charge in [-0.1, -0.05) is 24.3 Å². The van der Waals surface area contributed by atoms with Gasteiger partial charge in [-0.25, -0.2) is 18.2 Å². The molecule has 0 fully saturated rings. The summed E-state index contributed by atoms with van der Waals surface area (Å²) in [6.45, 7) is 3.93. The lowest BCUT2D eigenvalue weighted by Gasteiger charge is -2.17. The number of hydrogen-bond acceptors (Lipinski definition) is 12. The van der Waals surface area contributed by atoms with Crippen molar-refractivity contribution < 1.29 is 46.2 Å². The normalized spacial score (nSPS) is 11.8. The molecule has 1 aromatic heterocycles. The van der Waals surface area contributed by atoms with Crippen LogP contribution in [0.15, 0.2) is 90.0 Å². The minimum atomic E-state index is -3.60. The second kappa shape index (κ2) is 20.0. The first-order valence-electron chi connectivity index (χ1n) is 17.4. The first-order valence-corrected chi connectivity index (χ1v) is 20.6. The van der Waals surface area contributed by atoms with Crippen LogP contribution in [-0.4, -0.2) is 90.4 Å². The van der Waals surface area contributed by atoms with Gasteiger partial charge in [-0.3, -0.25) is 4.72 Å². The number of ether oxygens (including phenoxy) is 6. The molecule has 17 heteroatoms. The number of anilines is 5. The molecule has 0 bridgehead atoms. The van der Waals surface area contributed by atoms with Gasteiger partial charge in [0.15, 0.2) is 16.4 Å². The summed E-state index contributed by atoms with van der Waals surface area (Å²) in [5.74, 6) is 2.47. The van der Waals surface area contributed by atoms with E-state index in [1.807, 2.05) is 24.3 Å². The van der Waals surface area contributed by atoms with E-state index in [1.165, 1.54) is 14.2 Å². The number of urea groups is 1. The standard InChI is InChI=1S/C39H45N5O10S2/c1-26-22-32(38(51-4)33(23-26)44-56(5,47)48)43-39(45)42-31-11-12-34(30-9-7-6-8-29(30)31)54-28-14-15-40-37(25-28)41-27-10-13-36(35(24-27)50-3)55(46)21-20-53-19-18-52-17-16-49-2/h6-15,22-25,44H,16-21H2,1-5H3,(H,40,41)(H2,42,43,45). The lowest BCUT2D eigenvalue weighted by atomic mass is 10.1. The van der Waals surface area contributed by atoms with Crippen molar-refractivity contribution in [2.24, 2.45) is 0 Å². The van der Waals surface area contributed by atoms with E-state index in [9.17, 15) is 17.8 Å². The van der Waals surface area contributed by atoms with Crippen LogP contribution in [0.25, 0.3) is 10.8 Å². The van der Waals surface area contributed by atoms with Gasteiger partial charge < -0.3 is 48.9 Å². The maximum Gasteiger partial charge on any atom is 0.323 e. The third-order valence-electron chi connectivity index (χ3n) is 7.97. The van der Waals surface area contributed by atoms with Gasteiger partial charge in [-0.2, -0.15) is 0 Å². The van der Waals surface area contributed by atoms with Crippen LogP contribution < -0.4 is 34.9 Å². The molecule has 1 atom stereocenters. The number of carbonyl (C=O) groups is 1. The van der Waals surface area contributed by atoms with Gasteiger partial charge in [-0.05, 0) is 66.1 Å². The Bertz CT molecular complexity index is 2220. The molecule has 56 heavy (non-hydrogen) atoms. The highest BCUT2D eigenvalue weighted by molar-refractivity contribution is 7.92. The molecule has 4 N–H and O–H groups in total. The molecule has 0 aliphatic heterocycles. The Balaban J connectivity index is 1.24. The van der Waals surface area contributed by atoms with Crippen molar-refractivity contribution in [1.82, 2.24) is 4.98 Å². The molecule has 0 aliphatic rings. The highest BCUT2D eigenvalue weighted by Crippen LogP contribution is 2.38. The van der Waals surface area contributed by atoms with Crippen molar-refractivity contribution in [2.75, 3.05) is 87.0 Å². The molecule has 0 radical (unpaired) electrons. The molecule has 1 heterocycles. The molecule has 5 aromatic rings. The van der Waals surface area contributed by atoms with Crippen LogP contribution in [0.4, 0.5) is 33.4 Å². The average molecular weight is 808 g/mol. The number of methoxy groups -OCH3 is 3. The number of nitrogens with one attached hydrogen (secondary N) is 4. The average Bonchev–Trinajstić information content (AvgIpc) is 3.16. The summed E-state index contributed by atoms with van der Waals surface area (Å²) in [5.41, 5.74) is 2.37. The summed E-state index contributed by atoms with van der Waals surface area (Å²) in [5, 5.41) is 10.3. The Hall–Kier alpha value is -5.30. The zero-order valence-electron chi connectivity index (χ0n) is 31.7. The maximum atomic E-state index is 13.3. The second-order valence-electron chi connectivity index (χ2n) is 12.2. The zero-order chi connectivity index (χ0) is 40.1. The van der Waals surface area contributed by atoms with Crippen LogP contribution in [0.1, 0.15) is 5.56 Å². The van der Waals surface area contributed by atoms with Gasteiger partial charge >= 0.3 is 6.03 Å². The SMILES string of the molecule is COCCOCCOCC[S+]([O-])c1ccc(Nc2cc(Oc3ccc(NC(=O)Nc4cc(C)cc(NS(C)(=O)=O)c4OC)c4ccccc34)ccn2)cc1OC. The fourth-order valence-electron chi connectivity index (χ4n) is 5.57. The number of amides is 2. The quantitative estimate of drug-likeness (QED) is 0.0471. The molecular weight excluding hydrogens is 763 g/mol. The van der Waals surface area contributed by atoms with Crippen LogP contribution in [0.3, 0.4) is 0 Å². The van der Waals surface area contributed by atoms with Crippen molar-refractivity contribution in [3.63, 3.8) is 0 Å². The topological polar surface area (TPSA) is 191 Å². The number of rotatable bonds is 20. The summed E-state index contributed by atoms with van der Waals surface area (Å²) >= 11 is -1.35. The Labute approximate surface area is 329 Å². The number of pyridine rings is 1. The molecule has 298 valence electrons. The number of carbonyl (C=O) groups excluding carboxylic acids is 1. The highest BCUT2D eigenvalue weighted by Gasteiger charge is 2.19. The van der Waals surface area contributed by atoms with E-state index in [-0.39, 0.29) is 17.1 Å².